The molecule has 1 nitrogen and oxygen atoms in total. The zero-order valence-electron chi connectivity index (χ0n) is 11.2. The largest absolute Gasteiger partial charge is 0.311 e. The van der Waals surface area contributed by atoms with Crippen LogP contribution in [0.3, 0.4) is 0 Å². The van der Waals surface area contributed by atoms with E-state index < -0.39 is 5.92 Å². The lowest BCUT2D eigenvalue weighted by molar-refractivity contribution is -0.00287. The van der Waals surface area contributed by atoms with Crippen LogP contribution in [0.4, 0.5) is 8.78 Å². The molecule has 0 heterocycles. The lowest BCUT2D eigenvalue weighted by Crippen LogP contribution is -2.31. The third-order valence-electron chi connectivity index (χ3n) is 3.55. The van der Waals surface area contributed by atoms with Crippen LogP contribution in [0, 0.1) is 0 Å². The summed E-state index contributed by atoms with van der Waals surface area (Å²) >= 11 is 0. The van der Waals surface area contributed by atoms with E-state index in [4.69, 9.17) is 0 Å². The van der Waals surface area contributed by atoms with Crippen molar-refractivity contribution in [1.29, 1.82) is 0 Å². The van der Waals surface area contributed by atoms with Crippen LogP contribution in [-0.4, -0.2) is 13.1 Å². The molecule has 3 heteroatoms. The van der Waals surface area contributed by atoms with Crippen LogP contribution in [0.15, 0.2) is 42.0 Å². The van der Waals surface area contributed by atoms with Gasteiger partial charge in [0.2, 0.25) is 0 Å². The number of benzene rings is 1. The highest BCUT2D eigenvalue weighted by molar-refractivity contribution is 5.20. The van der Waals surface area contributed by atoms with Crippen LogP contribution in [0.5, 0.6) is 0 Å². The first-order chi connectivity index (χ1) is 9.18. The highest BCUT2D eigenvalue weighted by Gasteiger charge is 2.30. The van der Waals surface area contributed by atoms with Gasteiger partial charge in [-0.3, -0.25) is 0 Å². The summed E-state index contributed by atoms with van der Waals surface area (Å²) < 4.78 is 27.7. The van der Waals surface area contributed by atoms with E-state index in [9.17, 15) is 8.78 Å². The van der Waals surface area contributed by atoms with Crippen molar-refractivity contribution >= 4 is 0 Å². The summed E-state index contributed by atoms with van der Waals surface area (Å²) in [6.07, 6.45) is 7.95. The summed E-state index contributed by atoms with van der Waals surface area (Å²) in [5.74, 6) is -2.79. The number of hydrogen-bond acceptors (Lipinski definition) is 1. The van der Waals surface area contributed by atoms with Gasteiger partial charge in [0.15, 0.2) is 0 Å². The molecule has 0 unspecified atom stereocenters. The van der Waals surface area contributed by atoms with Gasteiger partial charge in [0.25, 0.3) is 5.92 Å². The van der Waals surface area contributed by atoms with E-state index in [1.165, 1.54) is 30.5 Å². The summed E-state index contributed by atoms with van der Waals surface area (Å²) in [6.45, 7) is 0.346. The Labute approximate surface area is 113 Å². The van der Waals surface area contributed by atoms with Crippen LogP contribution in [0.2, 0.25) is 0 Å². The minimum atomic E-state index is -2.79. The number of allylic oxidation sites excluding steroid dienone is 1. The third-order valence-corrected chi connectivity index (χ3v) is 3.55. The molecular formula is C16H21F2N. The van der Waals surface area contributed by atoms with Crippen molar-refractivity contribution in [2.24, 2.45) is 0 Å². The van der Waals surface area contributed by atoms with Crippen LogP contribution in [0.1, 0.15) is 37.7 Å². The molecule has 0 aromatic heterocycles. The van der Waals surface area contributed by atoms with Crippen molar-refractivity contribution in [1.82, 2.24) is 5.32 Å². The number of rotatable bonds is 6. The van der Waals surface area contributed by atoms with E-state index in [1.807, 2.05) is 0 Å². The Morgan fingerprint density at radius 3 is 2.58 bits per heavy atom. The zero-order chi connectivity index (χ0) is 13.6. The molecule has 1 aliphatic rings. The van der Waals surface area contributed by atoms with E-state index in [0.717, 1.165) is 19.3 Å². The maximum absolute atomic E-state index is 13.8. The number of alkyl halides is 2. The van der Waals surface area contributed by atoms with Gasteiger partial charge in [-0.15, -0.1) is 0 Å². The van der Waals surface area contributed by atoms with Gasteiger partial charge in [0.05, 0.1) is 6.54 Å². The van der Waals surface area contributed by atoms with Crippen LogP contribution in [-0.2, 0) is 5.92 Å². The molecule has 0 bridgehead atoms. The molecule has 19 heavy (non-hydrogen) atoms. The van der Waals surface area contributed by atoms with Crippen LogP contribution in [0.25, 0.3) is 0 Å². The Morgan fingerprint density at radius 1 is 1.11 bits per heavy atom. The van der Waals surface area contributed by atoms with Gasteiger partial charge in [-0.05, 0) is 38.6 Å². The topological polar surface area (TPSA) is 12.0 Å². The highest BCUT2D eigenvalue weighted by Crippen LogP contribution is 2.26. The normalized spacial score (nSPS) is 16.2. The summed E-state index contributed by atoms with van der Waals surface area (Å²) in [5.41, 5.74) is 1.50. The molecule has 1 aromatic carbocycles. The predicted molar refractivity (Wildman–Crippen MR) is 74.4 cm³/mol. The minimum absolute atomic E-state index is 0.0828. The Balaban J connectivity index is 1.74. The monoisotopic (exact) mass is 265 g/mol. The van der Waals surface area contributed by atoms with E-state index >= 15 is 0 Å². The average molecular weight is 265 g/mol. The first-order valence-electron chi connectivity index (χ1n) is 7.00. The summed E-state index contributed by atoms with van der Waals surface area (Å²) in [4.78, 5) is 0. The lowest BCUT2D eigenvalue weighted by atomic mass is 9.97. The van der Waals surface area contributed by atoms with E-state index in [1.54, 1.807) is 18.2 Å². The molecule has 104 valence electrons. The molecule has 1 aliphatic carbocycles. The second-order valence-corrected chi connectivity index (χ2v) is 5.11. The average Bonchev–Trinajstić information content (AvgIpc) is 2.46. The fourth-order valence-corrected chi connectivity index (χ4v) is 2.41. The second-order valence-electron chi connectivity index (χ2n) is 5.11. The predicted octanol–water partition coefficient (Wildman–Crippen LogP) is 4.26. The smallest absolute Gasteiger partial charge is 0.285 e. The molecule has 0 saturated heterocycles. The van der Waals surface area contributed by atoms with Crippen molar-refractivity contribution in [2.75, 3.05) is 13.1 Å². The molecule has 0 radical (unpaired) electrons. The van der Waals surface area contributed by atoms with Crippen LogP contribution < -0.4 is 5.32 Å². The third kappa shape index (κ3) is 4.43. The number of nitrogens with one attached hydrogen (secondary N) is 1. The standard InChI is InChI=1S/C16H21F2N/c17-16(18,15-9-5-2-6-10-15)13-19-12-11-14-7-3-1-4-8-14/h2,5-7,9-10,19H,1,3-4,8,11-13H2. The molecule has 0 fully saturated rings. The van der Waals surface area contributed by atoms with Gasteiger partial charge < -0.3 is 5.32 Å². The van der Waals surface area contributed by atoms with Crippen molar-refractivity contribution in [3.8, 4) is 0 Å². The molecule has 0 spiro atoms. The zero-order valence-corrected chi connectivity index (χ0v) is 11.2. The molecule has 1 aromatic rings. The quantitative estimate of drug-likeness (QED) is 0.598. The molecule has 2 rings (SSSR count). The molecule has 0 aliphatic heterocycles. The second kappa shape index (κ2) is 6.80. The molecular weight excluding hydrogens is 244 g/mol. The van der Waals surface area contributed by atoms with Crippen LogP contribution >= 0.6 is 0 Å². The Hall–Kier alpha value is -1.22. The van der Waals surface area contributed by atoms with Gasteiger partial charge in [0.1, 0.15) is 0 Å². The fourth-order valence-electron chi connectivity index (χ4n) is 2.41. The molecule has 0 atom stereocenters. The van der Waals surface area contributed by atoms with E-state index in [2.05, 4.69) is 11.4 Å². The van der Waals surface area contributed by atoms with E-state index in [0.29, 0.717) is 6.54 Å². The van der Waals surface area contributed by atoms with Gasteiger partial charge in [-0.2, -0.15) is 8.78 Å². The van der Waals surface area contributed by atoms with Crippen molar-refractivity contribution in [3.05, 3.63) is 47.5 Å². The maximum atomic E-state index is 13.8. The Kier molecular flexibility index (Phi) is 5.08. The molecule has 0 amide bonds. The van der Waals surface area contributed by atoms with Crippen molar-refractivity contribution in [3.63, 3.8) is 0 Å². The maximum Gasteiger partial charge on any atom is 0.285 e. The lowest BCUT2D eigenvalue weighted by Gasteiger charge is -2.18. The van der Waals surface area contributed by atoms with Crippen molar-refractivity contribution in [2.45, 2.75) is 38.0 Å². The number of hydrogen-bond donors (Lipinski definition) is 1. The SMILES string of the molecule is FC(F)(CNCCC1=CCCCC1)c1ccccc1. The minimum Gasteiger partial charge on any atom is -0.311 e. The fraction of sp³-hybridized carbons (Fsp3) is 0.500. The molecule has 1 N–H and O–H groups in total. The molecule has 0 saturated carbocycles. The Bertz CT molecular complexity index is 412. The highest BCUT2D eigenvalue weighted by atomic mass is 19.3. The summed E-state index contributed by atoms with van der Waals surface area (Å²) in [5, 5.41) is 2.88. The van der Waals surface area contributed by atoms with Crippen molar-refractivity contribution < 1.29 is 8.78 Å². The first kappa shape index (κ1) is 14.2. The van der Waals surface area contributed by atoms with Gasteiger partial charge in [-0.1, -0.05) is 42.0 Å². The summed E-state index contributed by atoms with van der Waals surface area (Å²) in [6, 6.07) is 8.01. The van der Waals surface area contributed by atoms with Gasteiger partial charge in [-0.25, -0.2) is 0 Å². The van der Waals surface area contributed by atoms with E-state index in [-0.39, 0.29) is 12.1 Å². The number of halogens is 2. The van der Waals surface area contributed by atoms with Gasteiger partial charge in [0, 0.05) is 5.56 Å². The Morgan fingerprint density at radius 2 is 1.89 bits per heavy atom. The van der Waals surface area contributed by atoms with Gasteiger partial charge >= 0.3 is 0 Å². The summed E-state index contributed by atoms with van der Waals surface area (Å²) in [7, 11) is 0. The first-order valence-corrected chi connectivity index (χ1v) is 7.00.